The van der Waals surface area contributed by atoms with Gasteiger partial charge in [-0.2, -0.15) is 0 Å². The van der Waals surface area contributed by atoms with Crippen molar-refractivity contribution in [3.05, 3.63) is 75.6 Å². The van der Waals surface area contributed by atoms with Gasteiger partial charge in [0.15, 0.2) is 0 Å². The zero-order chi connectivity index (χ0) is 16.6. The van der Waals surface area contributed by atoms with E-state index >= 15 is 0 Å². The second-order valence-electron chi connectivity index (χ2n) is 5.16. The molecule has 0 aliphatic heterocycles. The van der Waals surface area contributed by atoms with Gasteiger partial charge in [-0.1, -0.05) is 17.7 Å². The van der Waals surface area contributed by atoms with Crippen molar-refractivity contribution < 1.29 is 13.6 Å². The molecule has 4 nitrogen and oxygen atoms in total. The Hall–Kier alpha value is -3.02. The van der Waals surface area contributed by atoms with Crippen LogP contribution in [0, 0.1) is 18.6 Å². The Balaban J connectivity index is 2.03. The number of H-pyrrole nitrogens is 1. The molecule has 0 saturated carbocycles. The first-order chi connectivity index (χ1) is 11.0. The van der Waals surface area contributed by atoms with Gasteiger partial charge in [-0.3, -0.25) is 9.59 Å². The van der Waals surface area contributed by atoms with Crippen molar-refractivity contribution in [2.75, 3.05) is 5.32 Å². The van der Waals surface area contributed by atoms with Gasteiger partial charge < -0.3 is 10.3 Å². The Morgan fingerprint density at radius 2 is 1.83 bits per heavy atom. The average molecular weight is 314 g/mol. The molecule has 0 bridgehead atoms. The topological polar surface area (TPSA) is 62.0 Å². The van der Waals surface area contributed by atoms with Gasteiger partial charge >= 0.3 is 0 Å². The smallest absolute Gasteiger partial charge is 0.261 e. The van der Waals surface area contributed by atoms with E-state index in [2.05, 4.69) is 10.3 Å². The van der Waals surface area contributed by atoms with E-state index in [0.29, 0.717) is 11.8 Å². The molecule has 23 heavy (non-hydrogen) atoms. The molecule has 0 aliphatic carbocycles. The van der Waals surface area contributed by atoms with E-state index in [-0.39, 0.29) is 16.5 Å². The second-order valence-corrected chi connectivity index (χ2v) is 5.16. The molecular formula is C17H12F2N2O2. The Morgan fingerprint density at radius 1 is 1.13 bits per heavy atom. The Kier molecular flexibility index (Phi) is 3.65. The molecule has 0 spiro atoms. The number of aromatic amines is 1. The summed E-state index contributed by atoms with van der Waals surface area (Å²) in [4.78, 5) is 27.1. The van der Waals surface area contributed by atoms with Crippen LogP contribution in [0.2, 0.25) is 0 Å². The molecule has 3 rings (SSSR count). The van der Waals surface area contributed by atoms with Crippen LogP contribution in [0.1, 0.15) is 15.9 Å². The standard InChI is InChI=1S/C17H12F2N2O2/c1-9-2-4-11(5-3-9)21-17(23)12-8-20-14-7-10(18)6-13(19)15(14)16(12)22/h2-8H,1H3,(H,20,22)(H,21,23). The zero-order valence-electron chi connectivity index (χ0n) is 12.1. The fraction of sp³-hybridized carbons (Fsp3) is 0.0588. The highest BCUT2D eigenvalue weighted by atomic mass is 19.1. The minimum absolute atomic E-state index is 0.000569. The number of fused-ring (bicyclic) bond motifs is 1. The van der Waals surface area contributed by atoms with Crippen LogP contribution in [-0.4, -0.2) is 10.9 Å². The van der Waals surface area contributed by atoms with Gasteiger partial charge in [0.2, 0.25) is 5.43 Å². The van der Waals surface area contributed by atoms with Gasteiger partial charge in [0, 0.05) is 18.0 Å². The van der Waals surface area contributed by atoms with E-state index in [0.717, 1.165) is 17.8 Å². The fourth-order valence-corrected chi connectivity index (χ4v) is 2.27. The van der Waals surface area contributed by atoms with Crippen LogP contribution >= 0.6 is 0 Å². The summed E-state index contributed by atoms with van der Waals surface area (Å²) in [5.41, 5.74) is 0.499. The first kappa shape index (κ1) is 14.9. The Labute approximate surface area is 129 Å². The summed E-state index contributed by atoms with van der Waals surface area (Å²) in [6.07, 6.45) is 1.15. The van der Waals surface area contributed by atoms with E-state index in [1.54, 1.807) is 12.1 Å². The molecule has 0 unspecified atom stereocenters. The molecule has 1 heterocycles. The number of amides is 1. The molecule has 0 atom stereocenters. The number of hydrogen-bond donors (Lipinski definition) is 2. The first-order valence-corrected chi connectivity index (χ1v) is 6.84. The third kappa shape index (κ3) is 2.83. The monoisotopic (exact) mass is 314 g/mol. The number of aryl methyl sites for hydroxylation is 1. The highest BCUT2D eigenvalue weighted by Gasteiger charge is 2.16. The predicted molar refractivity (Wildman–Crippen MR) is 83.6 cm³/mol. The van der Waals surface area contributed by atoms with Crippen LogP contribution in [0.3, 0.4) is 0 Å². The highest BCUT2D eigenvalue weighted by Crippen LogP contribution is 2.16. The SMILES string of the molecule is Cc1ccc(NC(=O)c2c[nH]c3cc(F)cc(F)c3c2=O)cc1. The van der Waals surface area contributed by atoms with E-state index in [1.807, 2.05) is 19.1 Å². The van der Waals surface area contributed by atoms with Crippen molar-refractivity contribution in [1.82, 2.24) is 4.98 Å². The highest BCUT2D eigenvalue weighted by molar-refractivity contribution is 6.05. The summed E-state index contributed by atoms with van der Waals surface area (Å²) >= 11 is 0. The van der Waals surface area contributed by atoms with Crippen LogP contribution in [0.5, 0.6) is 0 Å². The molecule has 0 fully saturated rings. The van der Waals surface area contributed by atoms with Gasteiger partial charge in [-0.15, -0.1) is 0 Å². The third-order valence-corrected chi connectivity index (χ3v) is 3.45. The van der Waals surface area contributed by atoms with E-state index in [4.69, 9.17) is 0 Å². The molecule has 6 heteroatoms. The van der Waals surface area contributed by atoms with Crippen molar-refractivity contribution in [2.24, 2.45) is 0 Å². The van der Waals surface area contributed by atoms with Crippen LogP contribution in [-0.2, 0) is 0 Å². The van der Waals surface area contributed by atoms with Crippen LogP contribution < -0.4 is 10.7 Å². The Bertz CT molecular complexity index is 963. The lowest BCUT2D eigenvalue weighted by atomic mass is 10.1. The molecule has 2 N–H and O–H groups in total. The predicted octanol–water partition coefficient (Wildman–Crippen LogP) is 3.37. The van der Waals surface area contributed by atoms with E-state index in [1.165, 1.54) is 0 Å². The number of rotatable bonds is 2. The number of anilines is 1. The van der Waals surface area contributed by atoms with Crippen molar-refractivity contribution in [3.63, 3.8) is 0 Å². The first-order valence-electron chi connectivity index (χ1n) is 6.84. The summed E-state index contributed by atoms with van der Waals surface area (Å²) in [5, 5.41) is 2.22. The third-order valence-electron chi connectivity index (χ3n) is 3.45. The summed E-state index contributed by atoms with van der Waals surface area (Å²) in [5.74, 6) is -2.48. The van der Waals surface area contributed by atoms with Gasteiger partial charge in [0.25, 0.3) is 5.91 Å². The largest absolute Gasteiger partial charge is 0.360 e. The lowest BCUT2D eigenvalue weighted by molar-refractivity contribution is 0.102. The molecule has 1 amide bonds. The molecule has 3 aromatic rings. The second kappa shape index (κ2) is 5.64. The summed E-state index contributed by atoms with van der Waals surface area (Å²) in [7, 11) is 0. The van der Waals surface area contributed by atoms with Gasteiger partial charge in [0.1, 0.15) is 17.2 Å². The number of pyridine rings is 1. The normalized spacial score (nSPS) is 10.7. The zero-order valence-corrected chi connectivity index (χ0v) is 12.1. The Morgan fingerprint density at radius 3 is 2.52 bits per heavy atom. The number of halogens is 2. The number of benzene rings is 2. The van der Waals surface area contributed by atoms with Crippen molar-refractivity contribution in [1.29, 1.82) is 0 Å². The van der Waals surface area contributed by atoms with Crippen molar-refractivity contribution in [3.8, 4) is 0 Å². The lowest BCUT2D eigenvalue weighted by Crippen LogP contribution is -2.22. The van der Waals surface area contributed by atoms with E-state index < -0.39 is 23.0 Å². The fourth-order valence-electron chi connectivity index (χ4n) is 2.27. The van der Waals surface area contributed by atoms with Gasteiger partial charge in [-0.05, 0) is 25.1 Å². The summed E-state index contributed by atoms with van der Waals surface area (Å²) in [6, 6.07) is 8.61. The maximum atomic E-state index is 13.8. The van der Waals surface area contributed by atoms with Crippen LogP contribution in [0.15, 0.2) is 47.4 Å². The molecule has 0 radical (unpaired) electrons. The molecule has 116 valence electrons. The quantitative estimate of drug-likeness (QED) is 0.762. The summed E-state index contributed by atoms with van der Waals surface area (Å²) < 4.78 is 27.0. The molecule has 2 aromatic carbocycles. The minimum atomic E-state index is -1.01. The molecule has 0 saturated heterocycles. The number of hydrogen-bond acceptors (Lipinski definition) is 2. The lowest BCUT2D eigenvalue weighted by Gasteiger charge is -2.07. The van der Waals surface area contributed by atoms with Gasteiger partial charge in [0.05, 0.1) is 10.9 Å². The molecular weight excluding hydrogens is 302 g/mol. The number of nitrogens with one attached hydrogen (secondary N) is 2. The van der Waals surface area contributed by atoms with Crippen LogP contribution in [0.4, 0.5) is 14.5 Å². The molecule has 0 aliphatic rings. The van der Waals surface area contributed by atoms with E-state index in [9.17, 15) is 18.4 Å². The number of aromatic nitrogens is 1. The maximum Gasteiger partial charge on any atom is 0.261 e. The maximum absolute atomic E-state index is 13.8. The van der Waals surface area contributed by atoms with Crippen LogP contribution in [0.25, 0.3) is 10.9 Å². The molecule has 1 aromatic heterocycles. The average Bonchev–Trinajstić information content (AvgIpc) is 2.49. The summed E-state index contributed by atoms with van der Waals surface area (Å²) in [6.45, 7) is 1.90. The number of carbonyl (C=O) groups is 1. The minimum Gasteiger partial charge on any atom is -0.360 e. The van der Waals surface area contributed by atoms with Gasteiger partial charge in [-0.25, -0.2) is 8.78 Å². The number of carbonyl (C=O) groups excluding carboxylic acids is 1. The van der Waals surface area contributed by atoms with Crippen molar-refractivity contribution >= 4 is 22.5 Å². The van der Waals surface area contributed by atoms with Crippen molar-refractivity contribution in [2.45, 2.75) is 6.92 Å².